The minimum Gasteiger partial charge on any atom is -0.398 e. The van der Waals surface area contributed by atoms with Gasteiger partial charge in [-0.1, -0.05) is 12.1 Å². The number of hydrogen-bond acceptors (Lipinski definition) is 4. The summed E-state index contributed by atoms with van der Waals surface area (Å²) in [5.41, 5.74) is 5.77. The first-order valence-electron chi connectivity index (χ1n) is 5.58. The number of nitrogens with one attached hydrogen (secondary N) is 2. The zero-order valence-corrected chi connectivity index (χ0v) is 11.0. The van der Waals surface area contributed by atoms with Crippen LogP contribution < -0.4 is 15.8 Å². The molecule has 0 spiro atoms. The lowest BCUT2D eigenvalue weighted by atomic mass is 10.3. The quantitative estimate of drug-likeness (QED) is 0.637. The Morgan fingerprint density at radius 3 is 2.61 bits per heavy atom. The number of nitrogens with two attached hydrogens (primary N) is 1. The summed E-state index contributed by atoms with van der Waals surface area (Å²) in [5, 5.41) is 2.58. The van der Waals surface area contributed by atoms with Gasteiger partial charge in [0.15, 0.2) is 0 Å². The van der Waals surface area contributed by atoms with E-state index in [1.807, 2.05) is 0 Å². The predicted molar refractivity (Wildman–Crippen MR) is 69.3 cm³/mol. The van der Waals surface area contributed by atoms with Gasteiger partial charge in [0.1, 0.15) is 4.90 Å². The molecule has 0 bridgehead atoms. The van der Waals surface area contributed by atoms with Gasteiger partial charge in [0, 0.05) is 19.5 Å². The number of carbonyl (C=O) groups excluding carboxylic acids is 1. The number of carbonyl (C=O) groups is 1. The second-order valence-corrected chi connectivity index (χ2v) is 5.37. The summed E-state index contributed by atoms with van der Waals surface area (Å²) < 4.78 is 26.1. The maximum Gasteiger partial charge on any atom is 0.242 e. The van der Waals surface area contributed by atoms with Gasteiger partial charge < -0.3 is 11.1 Å². The molecule has 6 nitrogen and oxygen atoms in total. The van der Waals surface area contributed by atoms with Crippen LogP contribution >= 0.6 is 0 Å². The molecule has 4 N–H and O–H groups in total. The molecule has 0 radical (unpaired) electrons. The lowest BCUT2D eigenvalue weighted by Gasteiger charge is -2.08. The van der Waals surface area contributed by atoms with Crippen LogP contribution in [0.2, 0.25) is 0 Å². The lowest BCUT2D eigenvalue weighted by molar-refractivity contribution is -0.120. The highest BCUT2D eigenvalue weighted by molar-refractivity contribution is 7.89. The van der Waals surface area contributed by atoms with E-state index in [-0.39, 0.29) is 29.5 Å². The third kappa shape index (κ3) is 4.01. The van der Waals surface area contributed by atoms with E-state index < -0.39 is 10.0 Å². The van der Waals surface area contributed by atoms with Crippen molar-refractivity contribution in [2.75, 3.05) is 18.8 Å². The average molecular weight is 271 g/mol. The Kier molecular flexibility index (Phi) is 5.11. The number of benzene rings is 1. The molecule has 0 heterocycles. The first kappa shape index (κ1) is 14.5. The number of nitrogen functional groups attached to an aromatic ring is 1. The molecule has 0 saturated heterocycles. The van der Waals surface area contributed by atoms with Crippen LogP contribution in [0.4, 0.5) is 5.69 Å². The smallest absolute Gasteiger partial charge is 0.242 e. The normalized spacial score (nSPS) is 11.2. The summed E-state index contributed by atoms with van der Waals surface area (Å²) in [6, 6.07) is 6.18. The molecule has 1 aromatic carbocycles. The van der Waals surface area contributed by atoms with Gasteiger partial charge in [-0.3, -0.25) is 4.79 Å². The zero-order valence-electron chi connectivity index (χ0n) is 10.1. The number of rotatable bonds is 6. The highest BCUT2D eigenvalue weighted by Gasteiger charge is 2.16. The molecule has 0 aliphatic heterocycles. The number of amides is 1. The van der Waals surface area contributed by atoms with Crippen LogP contribution in [0.1, 0.15) is 13.3 Å². The first-order chi connectivity index (χ1) is 8.47. The van der Waals surface area contributed by atoms with Gasteiger partial charge in [0.05, 0.1) is 5.69 Å². The Morgan fingerprint density at radius 2 is 2.00 bits per heavy atom. The van der Waals surface area contributed by atoms with Gasteiger partial charge in [-0.25, -0.2) is 13.1 Å². The number of para-hydroxylation sites is 1. The second-order valence-electron chi connectivity index (χ2n) is 3.64. The van der Waals surface area contributed by atoms with E-state index in [2.05, 4.69) is 10.0 Å². The highest BCUT2D eigenvalue weighted by atomic mass is 32.2. The minimum absolute atomic E-state index is 0.0286. The van der Waals surface area contributed by atoms with Crippen LogP contribution in [-0.4, -0.2) is 27.4 Å². The molecule has 0 fully saturated rings. The van der Waals surface area contributed by atoms with Gasteiger partial charge in [-0.15, -0.1) is 0 Å². The Labute approximate surface area is 107 Å². The van der Waals surface area contributed by atoms with Gasteiger partial charge in [0.25, 0.3) is 0 Å². The SMILES string of the molecule is CCNC(=O)CCNS(=O)(=O)c1ccccc1N. The van der Waals surface area contributed by atoms with Crippen molar-refractivity contribution < 1.29 is 13.2 Å². The van der Waals surface area contributed by atoms with Crippen molar-refractivity contribution >= 4 is 21.6 Å². The molecular weight excluding hydrogens is 254 g/mol. The molecule has 1 amide bonds. The van der Waals surface area contributed by atoms with Crippen molar-refractivity contribution in [2.24, 2.45) is 0 Å². The fraction of sp³-hybridized carbons (Fsp3) is 0.364. The van der Waals surface area contributed by atoms with E-state index in [9.17, 15) is 13.2 Å². The Bertz CT molecular complexity index is 514. The number of sulfonamides is 1. The van der Waals surface area contributed by atoms with Gasteiger partial charge in [0.2, 0.25) is 15.9 Å². The first-order valence-corrected chi connectivity index (χ1v) is 7.06. The van der Waals surface area contributed by atoms with Gasteiger partial charge in [-0.2, -0.15) is 0 Å². The molecule has 0 aromatic heterocycles. The summed E-state index contributed by atoms with van der Waals surface area (Å²) in [5.74, 6) is -0.193. The van der Waals surface area contributed by atoms with Crippen LogP contribution in [0, 0.1) is 0 Å². The molecule has 0 atom stereocenters. The summed E-state index contributed by atoms with van der Waals surface area (Å²) in [4.78, 5) is 11.2. The van der Waals surface area contributed by atoms with E-state index in [0.29, 0.717) is 6.54 Å². The molecule has 0 aliphatic carbocycles. The van der Waals surface area contributed by atoms with Crippen LogP contribution in [0.15, 0.2) is 29.2 Å². The van der Waals surface area contributed by atoms with Gasteiger partial charge in [-0.05, 0) is 19.1 Å². The maximum atomic E-state index is 11.9. The molecule has 0 aliphatic rings. The van der Waals surface area contributed by atoms with E-state index in [0.717, 1.165) is 0 Å². The van der Waals surface area contributed by atoms with E-state index in [1.54, 1.807) is 19.1 Å². The van der Waals surface area contributed by atoms with Crippen molar-refractivity contribution in [3.05, 3.63) is 24.3 Å². The Balaban J connectivity index is 2.61. The van der Waals surface area contributed by atoms with E-state index >= 15 is 0 Å². The van der Waals surface area contributed by atoms with Crippen molar-refractivity contribution in [1.82, 2.24) is 10.0 Å². The molecule has 0 unspecified atom stereocenters. The monoisotopic (exact) mass is 271 g/mol. The number of anilines is 1. The molecule has 1 aromatic rings. The van der Waals surface area contributed by atoms with Crippen LogP contribution in [0.5, 0.6) is 0 Å². The van der Waals surface area contributed by atoms with Crippen molar-refractivity contribution in [3.63, 3.8) is 0 Å². The van der Waals surface area contributed by atoms with Crippen molar-refractivity contribution in [3.8, 4) is 0 Å². The fourth-order valence-electron chi connectivity index (χ4n) is 1.39. The summed E-state index contributed by atoms with van der Waals surface area (Å²) in [6.45, 7) is 2.37. The van der Waals surface area contributed by atoms with Crippen molar-refractivity contribution in [2.45, 2.75) is 18.2 Å². The molecular formula is C11H17N3O3S. The molecule has 18 heavy (non-hydrogen) atoms. The molecule has 7 heteroatoms. The van der Waals surface area contributed by atoms with Crippen LogP contribution in [0.3, 0.4) is 0 Å². The summed E-state index contributed by atoms with van der Waals surface area (Å²) in [6.07, 6.45) is 0.0970. The summed E-state index contributed by atoms with van der Waals surface area (Å²) in [7, 11) is -3.66. The zero-order chi connectivity index (χ0) is 13.6. The Hall–Kier alpha value is -1.60. The lowest BCUT2D eigenvalue weighted by Crippen LogP contribution is -2.31. The molecule has 1 rings (SSSR count). The third-order valence-corrected chi connectivity index (χ3v) is 3.76. The summed E-state index contributed by atoms with van der Waals surface area (Å²) >= 11 is 0. The topological polar surface area (TPSA) is 101 Å². The van der Waals surface area contributed by atoms with Crippen molar-refractivity contribution in [1.29, 1.82) is 0 Å². The Morgan fingerprint density at radius 1 is 1.33 bits per heavy atom. The van der Waals surface area contributed by atoms with Gasteiger partial charge >= 0.3 is 0 Å². The predicted octanol–water partition coefficient (Wildman–Crippen LogP) is 0.0733. The van der Waals surface area contributed by atoms with Crippen LogP contribution in [0.25, 0.3) is 0 Å². The van der Waals surface area contributed by atoms with E-state index in [4.69, 9.17) is 5.73 Å². The average Bonchev–Trinajstić information content (AvgIpc) is 2.29. The standard InChI is InChI=1S/C11H17N3O3S/c1-2-13-11(15)7-8-14-18(16,17)10-6-4-3-5-9(10)12/h3-6,14H,2,7-8,12H2,1H3,(H,13,15). The van der Waals surface area contributed by atoms with E-state index in [1.165, 1.54) is 12.1 Å². The van der Waals surface area contributed by atoms with Crippen LogP contribution in [-0.2, 0) is 14.8 Å². The largest absolute Gasteiger partial charge is 0.398 e. The fourth-order valence-corrected chi connectivity index (χ4v) is 2.55. The molecule has 0 saturated carbocycles. The molecule has 100 valence electrons. The minimum atomic E-state index is -3.66. The number of hydrogen-bond donors (Lipinski definition) is 3. The highest BCUT2D eigenvalue weighted by Crippen LogP contribution is 2.16. The third-order valence-electron chi connectivity index (χ3n) is 2.23. The second kappa shape index (κ2) is 6.36. The maximum absolute atomic E-state index is 11.9.